The molecule has 0 atom stereocenters. The van der Waals surface area contributed by atoms with E-state index in [1.54, 1.807) is 6.07 Å². The van der Waals surface area contributed by atoms with Crippen LogP contribution in [0.3, 0.4) is 0 Å². The van der Waals surface area contributed by atoms with Crippen LogP contribution in [0.15, 0.2) is 18.2 Å². The Labute approximate surface area is 147 Å². The lowest BCUT2D eigenvalue weighted by Gasteiger charge is -2.46. The molecule has 5 nitrogen and oxygen atoms in total. The van der Waals surface area contributed by atoms with Crippen LogP contribution in [0.25, 0.3) is 0 Å². The number of carbonyl (C=O) groups excluding carboxylic acids is 2. The summed E-state index contributed by atoms with van der Waals surface area (Å²) in [5.74, 6) is 0.235. The minimum absolute atomic E-state index is 0.0597. The van der Waals surface area contributed by atoms with Gasteiger partial charge in [-0.05, 0) is 55.4 Å². The summed E-state index contributed by atoms with van der Waals surface area (Å²) < 4.78 is 0. The van der Waals surface area contributed by atoms with Crippen LogP contribution >= 0.6 is 11.6 Å². The van der Waals surface area contributed by atoms with E-state index in [2.05, 4.69) is 5.32 Å². The molecule has 2 heterocycles. The number of benzene rings is 1. The minimum Gasteiger partial charge on any atom is -0.345 e. The Hall–Kier alpha value is -1.75. The number of piperidine rings is 2. The van der Waals surface area contributed by atoms with E-state index in [4.69, 9.17) is 11.6 Å². The lowest BCUT2D eigenvalue weighted by molar-refractivity contribution is -0.137. The highest BCUT2D eigenvalue weighted by Gasteiger charge is 2.40. The summed E-state index contributed by atoms with van der Waals surface area (Å²) in [6.45, 7) is 4.22. The van der Waals surface area contributed by atoms with Crippen LogP contribution in [0.2, 0.25) is 5.02 Å². The van der Waals surface area contributed by atoms with Gasteiger partial charge in [-0.1, -0.05) is 11.6 Å². The molecule has 3 amide bonds. The molecule has 1 N–H and O–H groups in total. The normalized spacial score (nSPS) is 20.4. The monoisotopic (exact) mass is 349 g/mol. The Morgan fingerprint density at radius 2 is 1.96 bits per heavy atom. The zero-order valence-corrected chi connectivity index (χ0v) is 15.0. The van der Waals surface area contributed by atoms with Gasteiger partial charge in [0.2, 0.25) is 5.91 Å². The largest absolute Gasteiger partial charge is 0.345 e. The second-order valence-electron chi connectivity index (χ2n) is 7.13. The Balaban J connectivity index is 1.58. The molecule has 2 fully saturated rings. The van der Waals surface area contributed by atoms with Gasteiger partial charge in [0.15, 0.2) is 0 Å². The third-order valence-electron chi connectivity index (χ3n) is 5.41. The molecule has 130 valence electrons. The minimum atomic E-state index is -0.0597. The molecule has 1 aromatic rings. The van der Waals surface area contributed by atoms with E-state index >= 15 is 0 Å². The fourth-order valence-electron chi connectivity index (χ4n) is 3.79. The van der Waals surface area contributed by atoms with Gasteiger partial charge < -0.3 is 15.1 Å². The number of anilines is 1. The number of rotatable bonds is 1. The number of aryl methyl sites for hydroxylation is 1. The molecule has 1 aromatic carbocycles. The van der Waals surface area contributed by atoms with Crippen molar-refractivity contribution in [2.45, 2.75) is 32.6 Å². The first-order valence-corrected chi connectivity index (χ1v) is 8.82. The first-order chi connectivity index (χ1) is 11.4. The van der Waals surface area contributed by atoms with Gasteiger partial charge in [-0.15, -0.1) is 0 Å². The first-order valence-electron chi connectivity index (χ1n) is 8.45. The summed E-state index contributed by atoms with van der Waals surface area (Å²) in [6.07, 6.45) is 3.49. The maximum atomic E-state index is 12.5. The van der Waals surface area contributed by atoms with Crippen molar-refractivity contribution >= 4 is 29.2 Å². The summed E-state index contributed by atoms with van der Waals surface area (Å²) in [6, 6.07) is 5.40. The zero-order chi connectivity index (χ0) is 17.3. The van der Waals surface area contributed by atoms with Crippen LogP contribution in [-0.2, 0) is 4.79 Å². The van der Waals surface area contributed by atoms with E-state index in [-0.39, 0.29) is 17.4 Å². The third kappa shape index (κ3) is 3.51. The summed E-state index contributed by atoms with van der Waals surface area (Å²) in [7, 11) is 1.88. The molecule has 0 bridgehead atoms. The number of carbonyl (C=O) groups is 2. The van der Waals surface area contributed by atoms with Gasteiger partial charge in [-0.2, -0.15) is 0 Å². The van der Waals surface area contributed by atoms with Crippen LogP contribution in [0, 0.1) is 12.3 Å². The fraction of sp³-hybridized carbons (Fsp3) is 0.556. The summed E-state index contributed by atoms with van der Waals surface area (Å²) in [5, 5.41) is 3.65. The van der Waals surface area contributed by atoms with E-state index in [0.717, 1.165) is 50.1 Å². The standard InChI is InChI=1S/C18H24ClN3O2/c1-13-11-14(19)3-4-15(13)20-17(24)22-9-7-18(8-10-22)6-5-16(23)21(2)12-18/h3-4,11H,5-10,12H2,1-2H3,(H,20,24). The molecule has 6 heteroatoms. The van der Waals surface area contributed by atoms with E-state index in [1.807, 2.05) is 35.9 Å². The molecule has 0 aliphatic carbocycles. The Kier molecular flexibility index (Phi) is 4.72. The van der Waals surface area contributed by atoms with Gasteiger partial charge in [0, 0.05) is 43.8 Å². The van der Waals surface area contributed by atoms with Gasteiger partial charge in [-0.25, -0.2) is 4.79 Å². The van der Waals surface area contributed by atoms with Crippen molar-refractivity contribution in [1.82, 2.24) is 9.80 Å². The molecule has 0 unspecified atom stereocenters. The highest BCUT2D eigenvalue weighted by molar-refractivity contribution is 6.30. The molecule has 0 radical (unpaired) electrons. The molecule has 1 spiro atoms. The van der Waals surface area contributed by atoms with E-state index < -0.39 is 0 Å². The van der Waals surface area contributed by atoms with Crippen molar-refractivity contribution in [1.29, 1.82) is 0 Å². The Morgan fingerprint density at radius 1 is 1.25 bits per heavy atom. The summed E-state index contributed by atoms with van der Waals surface area (Å²) in [4.78, 5) is 27.9. The van der Waals surface area contributed by atoms with Crippen LogP contribution < -0.4 is 5.32 Å². The number of likely N-dealkylation sites (tertiary alicyclic amines) is 2. The van der Waals surface area contributed by atoms with Crippen LogP contribution in [0.4, 0.5) is 10.5 Å². The molecule has 2 saturated heterocycles. The quantitative estimate of drug-likeness (QED) is 0.843. The van der Waals surface area contributed by atoms with Gasteiger partial charge in [0.25, 0.3) is 0 Å². The number of amides is 3. The number of nitrogens with one attached hydrogen (secondary N) is 1. The van der Waals surface area contributed by atoms with Gasteiger partial charge >= 0.3 is 6.03 Å². The van der Waals surface area contributed by atoms with Crippen molar-refractivity contribution in [3.05, 3.63) is 28.8 Å². The maximum Gasteiger partial charge on any atom is 0.321 e. The molecule has 0 aromatic heterocycles. The fourth-order valence-corrected chi connectivity index (χ4v) is 4.01. The number of hydrogen-bond donors (Lipinski definition) is 1. The second-order valence-corrected chi connectivity index (χ2v) is 7.56. The van der Waals surface area contributed by atoms with E-state index in [0.29, 0.717) is 11.4 Å². The topological polar surface area (TPSA) is 52.7 Å². The molecule has 0 saturated carbocycles. The number of nitrogens with zero attached hydrogens (tertiary/aromatic N) is 2. The Morgan fingerprint density at radius 3 is 2.58 bits per heavy atom. The lowest BCUT2D eigenvalue weighted by Crippen LogP contribution is -2.51. The predicted molar refractivity (Wildman–Crippen MR) is 95.3 cm³/mol. The number of urea groups is 1. The van der Waals surface area contributed by atoms with Gasteiger partial charge in [0.1, 0.15) is 0 Å². The molecular formula is C18H24ClN3O2. The predicted octanol–water partition coefficient (Wildman–Crippen LogP) is 3.51. The molecule has 3 rings (SSSR count). The molecule has 2 aliphatic heterocycles. The lowest BCUT2D eigenvalue weighted by atomic mass is 9.72. The average molecular weight is 350 g/mol. The van der Waals surface area contributed by atoms with E-state index in [9.17, 15) is 9.59 Å². The van der Waals surface area contributed by atoms with Crippen molar-refractivity contribution in [2.75, 3.05) is 32.0 Å². The van der Waals surface area contributed by atoms with Crippen LogP contribution in [0.1, 0.15) is 31.2 Å². The van der Waals surface area contributed by atoms with Crippen molar-refractivity contribution in [3.63, 3.8) is 0 Å². The third-order valence-corrected chi connectivity index (χ3v) is 5.64. The maximum absolute atomic E-state index is 12.5. The first kappa shape index (κ1) is 17.1. The summed E-state index contributed by atoms with van der Waals surface area (Å²) >= 11 is 5.96. The Bertz CT molecular complexity index is 654. The highest BCUT2D eigenvalue weighted by atomic mass is 35.5. The highest BCUT2D eigenvalue weighted by Crippen LogP contribution is 2.39. The van der Waals surface area contributed by atoms with E-state index in [1.165, 1.54) is 0 Å². The van der Waals surface area contributed by atoms with Gasteiger partial charge in [0.05, 0.1) is 0 Å². The van der Waals surface area contributed by atoms with Gasteiger partial charge in [-0.3, -0.25) is 4.79 Å². The number of hydrogen-bond acceptors (Lipinski definition) is 2. The summed E-state index contributed by atoms with van der Waals surface area (Å²) in [5.41, 5.74) is 1.94. The smallest absolute Gasteiger partial charge is 0.321 e. The SMILES string of the molecule is Cc1cc(Cl)ccc1NC(=O)N1CCC2(CCC(=O)N(C)C2)CC1. The second kappa shape index (κ2) is 6.63. The van der Waals surface area contributed by atoms with Crippen molar-refractivity contribution in [3.8, 4) is 0 Å². The zero-order valence-electron chi connectivity index (χ0n) is 14.3. The molecule has 2 aliphatic rings. The average Bonchev–Trinajstić information content (AvgIpc) is 2.55. The van der Waals surface area contributed by atoms with Crippen molar-refractivity contribution < 1.29 is 9.59 Å². The van der Waals surface area contributed by atoms with Crippen LogP contribution in [0.5, 0.6) is 0 Å². The molecule has 24 heavy (non-hydrogen) atoms. The van der Waals surface area contributed by atoms with Crippen molar-refractivity contribution in [2.24, 2.45) is 5.41 Å². The van der Waals surface area contributed by atoms with Crippen LogP contribution in [-0.4, -0.2) is 48.4 Å². The number of halogens is 1. The molecular weight excluding hydrogens is 326 g/mol.